The number of anilines is 1. The summed E-state index contributed by atoms with van der Waals surface area (Å²) in [5.41, 5.74) is 2.22. The fourth-order valence-corrected chi connectivity index (χ4v) is 4.54. The third-order valence-electron chi connectivity index (χ3n) is 4.53. The lowest BCUT2D eigenvalue weighted by Crippen LogP contribution is -2.29. The smallest absolute Gasteiger partial charge is 0.341 e. The van der Waals surface area contributed by atoms with E-state index in [1.54, 1.807) is 12.1 Å². The number of thiophene rings is 1. The molecule has 0 saturated carbocycles. The molecule has 2 aromatic rings. The Kier molecular flexibility index (Phi) is 6.31. The molecule has 1 aromatic carbocycles. The molecule has 7 heteroatoms. The summed E-state index contributed by atoms with van der Waals surface area (Å²) in [5, 5.41) is 3.95. The van der Waals surface area contributed by atoms with Crippen LogP contribution in [0.2, 0.25) is 5.02 Å². The summed E-state index contributed by atoms with van der Waals surface area (Å²) >= 11 is 7.55. The predicted octanol–water partition coefficient (Wildman–Crippen LogP) is 4.22. The van der Waals surface area contributed by atoms with Crippen LogP contribution < -0.4 is 5.32 Å². The predicted molar refractivity (Wildman–Crippen MR) is 109 cm³/mol. The van der Waals surface area contributed by atoms with Crippen molar-refractivity contribution in [1.82, 2.24) is 4.90 Å². The van der Waals surface area contributed by atoms with E-state index in [4.69, 9.17) is 16.3 Å². The Morgan fingerprint density at radius 3 is 2.85 bits per heavy atom. The Hall–Kier alpha value is -2.15. The van der Waals surface area contributed by atoms with Crippen LogP contribution in [0.3, 0.4) is 0 Å². The molecular weight excluding hydrogens is 384 g/mol. The van der Waals surface area contributed by atoms with Crippen LogP contribution in [0.5, 0.6) is 0 Å². The van der Waals surface area contributed by atoms with Gasteiger partial charge in [0.25, 0.3) is 0 Å². The molecule has 0 fully saturated rings. The second kappa shape index (κ2) is 8.69. The Balaban J connectivity index is 1.83. The number of hydrogen-bond donors (Lipinski definition) is 1. The largest absolute Gasteiger partial charge is 0.465 e. The van der Waals surface area contributed by atoms with Gasteiger partial charge in [0.05, 0.1) is 12.7 Å². The number of carbonyl (C=O) groups excluding carboxylic acids is 2. The highest BCUT2D eigenvalue weighted by atomic mass is 35.5. The van der Waals surface area contributed by atoms with E-state index in [2.05, 4.69) is 17.1 Å². The normalized spacial score (nSPS) is 14.2. The first-order valence-corrected chi connectivity index (χ1v) is 9.91. The van der Waals surface area contributed by atoms with E-state index in [9.17, 15) is 9.59 Å². The fraction of sp³-hybridized carbons (Fsp3) is 0.300. The van der Waals surface area contributed by atoms with E-state index < -0.39 is 5.97 Å². The van der Waals surface area contributed by atoms with Gasteiger partial charge in [0, 0.05) is 29.1 Å². The highest BCUT2D eigenvalue weighted by molar-refractivity contribution is 7.17. The van der Waals surface area contributed by atoms with E-state index in [-0.39, 0.29) is 5.91 Å². The second-order valence-electron chi connectivity index (χ2n) is 6.16. The number of amides is 1. The minimum atomic E-state index is -0.414. The zero-order valence-electron chi connectivity index (χ0n) is 15.3. The lowest BCUT2D eigenvalue weighted by Gasteiger charge is -2.25. The van der Waals surface area contributed by atoms with Crippen molar-refractivity contribution in [1.29, 1.82) is 0 Å². The molecule has 0 spiro atoms. The zero-order chi connectivity index (χ0) is 19.4. The maximum Gasteiger partial charge on any atom is 0.341 e. The highest BCUT2D eigenvalue weighted by Crippen LogP contribution is 2.37. The summed E-state index contributed by atoms with van der Waals surface area (Å²) in [6.07, 6.45) is 3.84. The number of ether oxygens (including phenoxy) is 1. The molecule has 5 nitrogen and oxygen atoms in total. The number of benzene rings is 1. The molecule has 0 radical (unpaired) electrons. The molecule has 3 rings (SSSR count). The van der Waals surface area contributed by atoms with Crippen LogP contribution in [-0.2, 0) is 22.5 Å². The zero-order valence-corrected chi connectivity index (χ0v) is 16.8. The van der Waals surface area contributed by atoms with Gasteiger partial charge in [-0.3, -0.25) is 9.69 Å². The number of rotatable bonds is 5. The minimum Gasteiger partial charge on any atom is -0.465 e. The number of methoxy groups -OCH3 is 1. The molecule has 2 heterocycles. The first kappa shape index (κ1) is 19.6. The number of halogens is 1. The van der Waals surface area contributed by atoms with E-state index in [0.717, 1.165) is 42.1 Å². The lowest BCUT2D eigenvalue weighted by atomic mass is 10.0. The first-order chi connectivity index (χ1) is 13.0. The Labute approximate surface area is 167 Å². The fourth-order valence-electron chi connectivity index (χ4n) is 3.06. The van der Waals surface area contributed by atoms with Crippen molar-refractivity contribution in [3.63, 3.8) is 0 Å². The molecule has 142 valence electrons. The molecule has 27 heavy (non-hydrogen) atoms. The van der Waals surface area contributed by atoms with Crippen molar-refractivity contribution in [3.05, 3.63) is 56.9 Å². The standard InChI is InChI=1S/C20H21ClN2O3S/c1-3-23-11-10-14-16(12-23)27-19(18(14)20(25)26-2)22-17(24)9-8-13-6-4-5-7-15(13)21/h4-9H,3,10-12H2,1-2H3,(H,22,24). The summed E-state index contributed by atoms with van der Waals surface area (Å²) in [6.45, 7) is 4.74. The molecule has 0 unspecified atom stereocenters. The molecule has 1 aliphatic heterocycles. The molecular formula is C20H21ClN2O3S. The van der Waals surface area contributed by atoms with Crippen molar-refractivity contribution in [2.24, 2.45) is 0 Å². The van der Waals surface area contributed by atoms with Gasteiger partial charge < -0.3 is 10.1 Å². The van der Waals surface area contributed by atoms with Crippen LogP contribution in [0.25, 0.3) is 6.08 Å². The maximum absolute atomic E-state index is 12.4. The number of nitrogens with zero attached hydrogens (tertiary/aromatic N) is 1. The number of hydrogen-bond acceptors (Lipinski definition) is 5. The van der Waals surface area contributed by atoms with Crippen LogP contribution in [0, 0.1) is 0 Å². The van der Waals surface area contributed by atoms with Crippen molar-refractivity contribution in [3.8, 4) is 0 Å². The van der Waals surface area contributed by atoms with Crippen LogP contribution in [0.4, 0.5) is 5.00 Å². The van der Waals surface area contributed by atoms with Gasteiger partial charge >= 0.3 is 5.97 Å². The highest BCUT2D eigenvalue weighted by Gasteiger charge is 2.28. The number of esters is 1. The second-order valence-corrected chi connectivity index (χ2v) is 7.67. The van der Waals surface area contributed by atoms with Crippen molar-refractivity contribution >= 4 is 45.9 Å². The molecule has 1 aromatic heterocycles. The van der Waals surface area contributed by atoms with Crippen LogP contribution in [-0.4, -0.2) is 37.0 Å². The van der Waals surface area contributed by atoms with Crippen molar-refractivity contribution in [2.75, 3.05) is 25.5 Å². The van der Waals surface area contributed by atoms with Gasteiger partial charge in [0.15, 0.2) is 0 Å². The number of fused-ring (bicyclic) bond motifs is 1. The number of nitrogens with one attached hydrogen (secondary N) is 1. The topological polar surface area (TPSA) is 58.6 Å². The molecule has 1 N–H and O–H groups in total. The van der Waals surface area contributed by atoms with Gasteiger partial charge in [-0.25, -0.2) is 4.79 Å². The van der Waals surface area contributed by atoms with Gasteiger partial charge in [0.1, 0.15) is 5.00 Å². The molecule has 0 saturated heterocycles. The summed E-state index contributed by atoms with van der Waals surface area (Å²) in [5.74, 6) is -0.728. The van der Waals surface area contributed by atoms with Gasteiger partial charge in [-0.2, -0.15) is 0 Å². The Morgan fingerprint density at radius 2 is 2.15 bits per heavy atom. The quantitative estimate of drug-likeness (QED) is 0.598. The molecule has 1 amide bonds. The van der Waals surface area contributed by atoms with Crippen LogP contribution >= 0.6 is 22.9 Å². The minimum absolute atomic E-state index is 0.314. The average Bonchev–Trinajstić information content (AvgIpc) is 3.03. The summed E-state index contributed by atoms with van der Waals surface area (Å²) < 4.78 is 4.95. The van der Waals surface area contributed by atoms with Gasteiger partial charge in [-0.1, -0.05) is 36.7 Å². The average molecular weight is 405 g/mol. The SMILES string of the molecule is CCN1CCc2c(sc(NC(=O)C=Cc3ccccc3Cl)c2C(=O)OC)C1. The number of likely N-dealkylation sites (N-methyl/N-ethyl adjacent to an activating group) is 1. The lowest BCUT2D eigenvalue weighted by molar-refractivity contribution is -0.111. The van der Waals surface area contributed by atoms with Crippen LogP contribution in [0.15, 0.2) is 30.3 Å². The Morgan fingerprint density at radius 1 is 1.37 bits per heavy atom. The van der Waals surface area contributed by atoms with E-state index in [1.807, 2.05) is 18.2 Å². The van der Waals surface area contributed by atoms with Crippen LogP contribution in [0.1, 0.15) is 33.3 Å². The van der Waals surface area contributed by atoms with Crippen molar-refractivity contribution < 1.29 is 14.3 Å². The first-order valence-electron chi connectivity index (χ1n) is 8.72. The molecule has 0 aliphatic carbocycles. The summed E-state index contributed by atoms with van der Waals surface area (Å²) in [7, 11) is 1.36. The van der Waals surface area contributed by atoms with Gasteiger partial charge in [-0.05, 0) is 36.2 Å². The van der Waals surface area contributed by atoms with E-state index in [1.165, 1.54) is 24.5 Å². The third kappa shape index (κ3) is 4.40. The van der Waals surface area contributed by atoms with Gasteiger partial charge in [0.2, 0.25) is 5.91 Å². The Bertz CT molecular complexity index is 891. The maximum atomic E-state index is 12.4. The summed E-state index contributed by atoms with van der Waals surface area (Å²) in [6, 6.07) is 7.28. The van der Waals surface area contributed by atoms with Crippen molar-refractivity contribution in [2.45, 2.75) is 19.9 Å². The summed E-state index contributed by atoms with van der Waals surface area (Å²) in [4.78, 5) is 28.1. The molecule has 0 bridgehead atoms. The molecule has 0 atom stereocenters. The number of carbonyl (C=O) groups is 2. The monoisotopic (exact) mass is 404 g/mol. The van der Waals surface area contributed by atoms with Gasteiger partial charge in [-0.15, -0.1) is 11.3 Å². The third-order valence-corrected chi connectivity index (χ3v) is 6.01. The van der Waals surface area contributed by atoms with E-state index in [0.29, 0.717) is 15.6 Å². The van der Waals surface area contributed by atoms with E-state index >= 15 is 0 Å². The molecule has 1 aliphatic rings.